The fourth-order valence-electron chi connectivity index (χ4n) is 8.67. The number of hydrogen-bond acceptors (Lipinski definition) is 0. The molecule has 1 heteroatoms. The van der Waals surface area contributed by atoms with Gasteiger partial charge >= 0.3 is 0 Å². The maximum Gasteiger partial charge on any atom is 0.140 e. The van der Waals surface area contributed by atoms with Crippen molar-refractivity contribution in [2.75, 3.05) is 13.1 Å². The molecule has 2 aromatic rings. The van der Waals surface area contributed by atoms with Gasteiger partial charge in [-0.3, -0.25) is 4.48 Å². The van der Waals surface area contributed by atoms with Crippen molar-refractivity contribution < 1.29 is 0 Å². The standard InChI is InChI=1S/C50H88N/c1-5-7-9-11-13-15-17-19-21-23-25-27-29-31-33-39-45-51(49-43-37-35-41-47(49)3,50-44-38-36-42-48(50)4)46-40-34-32-30-28-26-24-22-20-18-16-14-12-10-8-6-2/h35-38,41-44H,5-34,39-40,45-46H2,1-4H3/q+1. The van der Waals surface area contributed by atoms with Crippen LogP contribution in [0.1, 0.15) is 230 Å². The average molecular weight is 703 g/mol. The van der Waals surface area contributed by atoms with Gasteiger partial charge in [0.15, 0.2) is 0 Å². The highest BCUT2D eigenvalue weighted by atomic mass is 15.4. The summed E-state index contributed by atoms with van der Waals surface area (Å²) in [5.74, 6) is 0. The topological polar surface area (TPSA) is 0 Å². The first-order chi connectivity index (χ1) is 25.2. The number of nitrogens with zero attached hydrogens (tertiary/aromatic N) is 1. The molecule has 0 aliphatic rings. The Morgan fingerprint density at radius 2 is 0.510 bits per heavy atom. The van der Waals surface area contributed by atoms with Gasteiger partial charge in [-0.05, 0) is 51.7 Å². The van der Waals surface area contributed by atoms with Gasteiger partial charge in [0.2, 0.25) is 0 Å². The third-order valence-corrected chi connectivity index (χ3v) is 11.9. The van der Waals surface area contributed by atoms with Gasteiger partial charge in [0.25, 0.3) is 0 Å². The first kappa shape index (κ1) is 45.6. The monoisotopic (exact) mass is 703 g/mol. The lowest BCUT2D eigenvalue weighted by atomic mass is 10.0. The molecule has 2 aromatic carbocycles. The third kappa shape index (κ3) is 21.0. The summed E-state index contributed by atoms with van der Waals surface area (Å²) in [5, 5.41) is 0. The van der Waals surface area contributed by atoms with Crippen LogP contribution in [0.5, 0.6) is 0 Å². The molecule has 0 aliphatic carbocycles. The van der Waals surface area contributed by atoms with Gasteiger partial charge in [0.1, 0.15) is 11.4 Å². The van der Waals surface area contributed by atoms with Gasteiger partial charge in [-0.15, -0.1) is 0 Å². The largest absolute Gasteiger partial charge is 0.258 e. The molecular formula is C50H88N+. The maximum atomic E-state index is 2.45. The molecule has 0 spiro atoms. The Kier molecular flexibility index (Phi) is 28.5. The van der Waals surface area contributed by atoms with E-state index in [1.807, 2.05) is 0 Å². The Hall–Kier alpha value is -1.60. The summed E-state index contributed by atoms with van der Waals surface area (Å²) in [4.78, 5) is 0. The minimum absolute atomic E-state index is 1.04. The van der Waals surface area contributed by atoms with Gasteiger partial charge < -0.3 is 0 Å². The van der Waals surface area contributed by atoms with Gasteiger partial charge in [0.05, 0.1) is 13.1 Å². The van der Waals surface area contributed by atoms with Crippen molar-refractivity contribution >= 4 is 11.4 Å². The van der Waals surface area contributed by atoms with Crippen molar-refractivity contribution in [1.29, 1.82) is 0 Å². The second-order valence-electron chi connectivity index (χ2n) is 16.6. The molecule has 0 heterocycles. The van der Waals surface area contributed by atoms with Crippen LogP contribution < -0.4 is 4.48 Å². The van der Waals surface area contributed by atoms with Crippen LogP contribution in [0.25, 0.3) is 0 Å². The molecule has 0 atom stereocenters. The Morgan fingerprint density at radius 1 is 0.294 bits per heavy atom. The third-order valence-electron chi connectivity index (χ3n) is 11.9. The molecule has 0 aromatic heterocycles. The number of aryl methyl sites for hydroxylation is 2. The molecule has 0 aliphatic heterocycles. The summed E-state index contributed by atoms with van der Waals surface area (Å²) < 4.78 is 1.04. The van der Waals surface area contributed by atoms with E-state index in [0.717, 1.165) is 4.48 Å². The van der Waals surface area contributed by atoms with E-state index in [1.54, 1.807) is 0 Å². The van der Waals surface area contributed by atoms with Crippen LogP contribution in [-0.2, 0) is 0 Å². The van der Waals surface area contributed by atoms with Crippen LogP contribution >= 0.6 is 0 Å². The quantitative estimate of drug-likeness (QED) is 0.0490. The highest BCUT2D eigenvalue weighted by Crippen LogP contribution is 2.40. The summed E-state index contributed by atoms with van der Waals surface area (Å²) in [7, 11) is 0. The van der Waals surface area contributed by atoms with E-state index in [2.05, 4.69) is 76.2 Å². The second kappa shape index (κ2) is 31.9. The van der Waals surface area contributed by atoms with E-state index in [-0.39, 0.29) is 0 Å². The minimum Gasteiger partial charge on any atom is -0.258 e. The molecule has 0 bridgehead atoms. The Balaban J connectivity index is 1.74. The summed E-state index contributed by atoms with van der Waals surface area (Å²) >= 11 is 0. The zero-order chi connectivity index (χ0) is 36.5. The van der Waals surface area contributed by atoms with Crippen molar-refractivity contribution in [1.82, 2.24) is 4.48 Å². The molecule has 1 nitrogen and oxygen atoms in total. The molecule has 0 radical (unpaired) electrons. The Morgan fingerprint density at radius 3 is 0.745 bits per heavy atom. The van der Waals surface area contributed by atoms with Crippen molar-refractivity contribution in [2.24, 2.45) is 0 Å². The first-order valence-corrected chi connectivity index (χ1v) is 23.1. The predicted octanol–water partition coefficient (Wildman–Crippen LogP) is 17.5. The zero-order valence-corrected chi connectivity index (χ0v) is 35.1. The smallest absolute Gasteiger partial charge is 0.140 e. The second-order valence-corrected chi connectivity index (χ2v) is 16.6. The molecule has 0 N–H and O–H groups in total. The van der Waals surface area contributed by atoms with Crippen molar-refractivity contribution in [2.45, 2.75) is 233 Å². The van der Waals surface area contributed by atoms with Crippen LogP contribution in [0.4, 0.5) is 11.4 Å². The Labute approximate surface area is 320 Å². The van der Waals surface area contributed by atoms with E-state index in [4.69, 9.17) is 0 Å². The van der Waals surface area contributed by atoms with Gasteiger partial charge in [0, 0.05) is 11.1 Å². The summed E-state index contributed by atoms with van der Waals surface area (Å²) in [6, 6.07) is 18.6. The number of para-hydroxylation sites is 2. The number of benzene rings is 2. The van der Waals surface area contributed by atoms with Crippen molar-refractivity contribution in [3.8, 4) is 0 Å². The summed E-state index contributed by atoms with van der Waals surface area (Å²) in [5.41, 5.74) is 5.98. The first-order valence-electron chi connectivity index (χ1n) is 23.1. The van der Waals surface area contributed by atoms with Gasteiger partial charge in [-0.1, -0.05) is 230 Å². The molecule has 2 rings (SSSR count). The number of unbranched alkanes of at least 4 members (excludes halogenated alkanes) is 30. The molecule has 292 valence electrons. The Bertz CT molecular complexity index is 955. The van der Waals surface area contributed by atoms with Gasteiger partial charge in [-0.2, -0.15) is 0 Å². The lowest BCUT2D eigenvalue weighted by Crippen LogP contribution is -2.47. The van der Waals surface area contributed by atoms with E-state index >= 15 is 0 Å². The highest BCUT2D eigenvalue weighted by molar-refractivity contribution is 5.64. The predicted molar refractivity (Wildman–Crippen MR) is 233 cm³/mol. The van der Waals surface area contributed by atoms with Crippen LogP contribution in [0.15, 0.2) is 48.5 Å². The normalized spacial score (nSPS) is 11.8. The van der Waals surface area contributed by atoms with E-state index in [1.165, 1.54) is 241 Å². The van der Waals surface area contributed by atoms with Gasteiger partial charge in [-0.25, -0.2) is 0 Å². The number of quaternary nitrogens is 1. The molecule has 0 saturated carbocycles. The average Bonchev–Trinajstić information content (AvgIpc) is 3.14. The van der Waals surface area contributed by atoms with Crippen LogP contribution in [-0.4, -0.2) is 13.1 Å². The fraction of sp³-hybridized carbons (Fsp3) is 0.760. The van der Waals surface area contributed by atoms with E-state index in [0.29, 0.717) is 0 Å². The minimum atomic E-state index is 1.04. The maximum absolute atomic E-state index is 2.45. The van der Waals surface area contributed by atoms with Crippen LogP contribution in [0.3, 0.4) is 0 Å². The van der Waals surface area contributed by atoms with Crippen LogP contribution in [0, 0.1) is 13.8 Å². The highest BCUT2D eigenvalue weighted by Gasteiger charge is 2.35. The molecule has 0 fully saturated rings. The van der Waals surface area contributed by atoms with Crippen molar-refractivity contribution in [3.63, 3.8) is 0 Å². The molecule has 0 saturated heterocycles. The van der Waals surface area contributed by atoms with E-state index in [9.17, 15) is 0 Å². The van der Waals surface area contributed by atoms with E-state index < -0.39 is 0 Å². The summed E-state index contributed by atoms with van der Waals surface area (Å²) in [6.45, 7) is 11.8. The zero-order valence-electron chi connectivity index (χ0n) is 35.1. The fourth-order valence-corrected chi connectivity index (χ4v) is 8.67. The van der Waals surface area contributed by atoms with Crippen molar-refractivity contribution in [3.05, 3.63) is 59.7 Å². The number of rotatable bonds is 36. The summed E-state index contributed by atoms with van der Waals surface area (Å²) in [6.07, 6.45) is 45.7. The molecular weight excluding hydrogens is 615 g/mol. The SMILES string of the molecule is CCCCCCCCCCCCCCCCCC[N+](CCCCCCCCCCCCCCCCCC)(c1ccccc1C)c1ccccc1C. The molecule has 51 heavy (non-hydrogen) atoms. The lowest BCUT2D eigenvalue weighted by Gasteiger charge is -2.40. The molecule has 0 unspecified atom stereocenters. The van der Waals surface area contributed by atoms with Crippen LogP contribution in [0.2, 0.25) is 0 Å². The lowest BCUT2D eigenvalue weighted by molar-refractivity contribution is 0.351. The molecule has 0 amide bonds. The number of hydrogen-bond donors (Lipinski definition) is 0.